The zero-order valence-corrected chi connectivity index (χ0v) is 16.3. The normalized spacial score (nSPS) is 14.2. The summed E-state index contributed by atoms with van der Waals surface area (Å²) in [5.41, 5.74) is 2.61. The number of anilines is 2. The Morgan fingerprint density at radius 2 is 1.62 bits per heavy atom. The smallest absolute Gasteiger partial charge is 0.303 e. The minimum absolute atomic E-state index is 0.0270. The highest BCUT2D eigenvalue weighted by molar-refractivity contribution is 6.05. The molecule has 0 saturated heterocycles. The third-order valence-corrected chi connectivity index (χ3v) is 5.21. The molecule has 2 aromatic carbocycles. The first kappa shape index (κ1) is 20.6. The monoisotopic (exact) mass is 394 g/mol. The quantitative estimate of drug-likeness (QED) is 0.645. The molecule has 1 fully saturated rings. The van der Waals surface area contributed by atoms with Crippen LogP contribution in [0.4, 0.5) is 11.4 Å². The molecular weight excluding hydrogens is 368 g/mol. The average molecular weight is 394 g/mol. The molecule has 0 bridgehead atoms. The van der Waals surface area contributed by atoms with Gasteiger partial charge in [-0.15, -0.1) is 0 Å². The van der Waals surface area contributed by atoms with E-state index in [4.69, 9.17) is 5.11 Å². The van der Waals surface area contributed by atoms with Crippen LogP contribution in [0.3, 0.4) is 0 Å². The Hall–Kier alpha value is -3.15. The largest absolute Gasteiger partial charge is 0.481 e. The van der Waals surface area contributed by atoms with Gasteiger partial charge in [-0.25, -0.2) is 0 Å². The van der Waals surface area contributed by atoms with Gasteiger partial charge in [0.25, 0.3) is 5.91 Å². The van der Waals surface area contributed by atoms with Crippen molar-refractivity contribution >= 4 is 29.2 Å². The van der Waals surface area contributed by atoms with Crippen molar-refractivity contribution in [3.05, 3.63) is 59.7 Å². The summed E-state index contributed by atoms with van der Waals surface area (Å²) in [5.74, 6) is -1.02. The van der Waals surface area contributed by atoms with Crippen molar-refractivity contribution in [3.8, 4) is 0 Å². The predicted molar refractivity (Wildman–Crippen MR) is 112 cm³/mol. The maximum Gasteiger partial charge on any atom is 0.303 e. The molecule has 2 aromatic rings. The molecular formula is C23H26N2O4. The lowest BCUT2D eigenvalue weighted by molar-refractivity contribution is -0.137. The number of rotatable bonds is 7. The maximum absolute atomic E-state index is 12.6. The first-order chi connectivity index (χ1) is 14.0. The number of aliphatic carboxylic acids is 1. The van der Waals surface area contributed by atoms with Gasteiger partial charge in [-0.2, -0.15) is 0 Å². The highest BCUT2D eigenvalue weighted by Crippen LogP contribution is 2.25. The molecule has 0 spiro atoms. The summed E-state index contributed by atoms with van der Waals surface area (Å²) in [7, 11) is 0. The first-order valence-corrected chi connectivity index (χ1v) is 10.0. The van der Waals surface area contributed by atoms with Crippen molar-refractivity contribution < 1.29 is 19.5 Å². The van der Waals surface area contributed by atoms with Crippen LogP contribution < -0.4 is 10.6 Å². The van der Waals surface area contributed by atoms with Gasteiger partial charge in [-0.05, 0) is 55.2 Å². The number of carboxylic acids is 1. The van der Waals surface area contributed by atoms with Crippen LogP contribution >= 0.6 is 0 Å². The molecule has 0 aromatic heterocycles. The second-order valence-corrected chi connectivity index (χ2v) is 7.45. The Morgan fingerprint density at radius 1 is 0.897 bits per heavy atom. The highest BCUT2D eigenvalue weighted by Gasteiger charge is 2.21. The zero-order chi connectivity index (χ0) is 20.6. The van der Waals surface area contributed by atoms with Gasteiger partial charge in [0.1, 0.15) is 0 Å². The molecule has 0 unspecified atom stereocenters. The van der Waals surface area contributed by atoms with Crippen LogP contribution in [0, 0.1) is 5.92 Å². The number of carbonyl (C=O) groups excluding carboxylic acids is 2. The Labute approximate surface area is 170 Å². The van der Waals surface area contributed by atoms with E-state index in [2.05, 4.69) is 10.6 Å². The molecule has 0 radical (unpaired) electrons. The topological polar surface area (TPSA) is 95.5 Å². The van der Waals surface area contributed by atoms with E-state index in [1.165, 1.54) is 6.42 Å². The van der Waals surface area contributed by atoms with Gasteiger partial charge in [-0.1, -0.05) is 37.5 Å². The molecule has 0 heterocycles. The van der Waals surface area contributed by atoms with Crippen molar-refractivity contribution in [1.82, 2.24) is 0 Å². The minimum Gasteiger partial charge on any atom is -0.481 e. The van der Waals surface area contributed by atoms with Crippen LogP contribution in [0.1, 0.15) is 54.4 Å². The molecule has 2 amide bonds. The number of hydrogen-bond acceptors (Lipinski definition) is 3. The van der Waals surface area contributed by atoms with Crippen molar-refractivity contribution in [3.63, 3.8) is 0 Å². The number of nitrogens with one attached hydrogen (secondary N) is 2. The SMILES string of the molecule is O=C(O)CCc1ccc(NC(=O)c2cccc(NC(=O)C3CCCCC3)c2)cc1. The molecule has 3 rings (SSSR count). The Bertz CT molecular complexity index is 871. The molecule has 1 saturated carbocycles. The maximum atomic E-state index is 12.6. The fraction of sp³-hybridized carbons (Fsp3) is 0.348. The Morgan fingerprint density at radius 3 is 2.31 bits per heavy atom. The van der Waals surface area contributed by atoms with Gasteiger partial charge in [0.05, 0.1) is 0 Å². The highest BCUT2D eigenvalue weighted by atomic mass is 16.4. The van der Waals surface area contributed by atoms with E-state index < -0.39 is 5.97 Å². The van der Waals surface area contributed by atoms with E-state index in [9.17, 15) is 14.4 Å². The van der Waals surface area contributed by atoms with Crippen LogP contribution in [0.25, 0.3) is 0 Å². The van der Waals surface area contributed by atoms with Gasteiger partial charge >= 0.3 is 5.97 Å². The number of carboxylic acid groups (broad SMARTS) is 1. The third kappa shape index (κ3) is 6.17. The van der Waals surface area contributed by atoms with E-state index in [0.717, 1.165) is 31.2 Å². The summed E-state index contributed by atoms with van der Waals surface area (Å²) in [5, 5.41) is 14.5. The molecule has 0 atom stereocenters. The second kappa shape index (κ2) is 9.87. The van der Waals surface area contributed by atoms with Gasteiger partial charge in [-0.3, -0.25) is 14.4 Å². The summed E-state index contributed by atoms with van der Waals surface area (Å²) >= 11 is 0. The van der Waals surface area contributed by atoms with E-state index in [-0.39, 0.29) is 24.2 Å². The number of carbonyl (C=O) groups is 3. The number of aryl methyl sites for hydroxylation is 1. The lowest BCUT2D eigenvalue weighted by Gasteiger charge is -2.20. The van der Waals surface area contributed by atoms with Gasteiger partial charge < -0.3 is 15.7 Å². The number of amides is 2. The Kier molecular flexibility index (Phi) is 7.00. The van der Waals surface area contributed by atoms with Crippen molar-refractivity contribution in [1.29, 1.82) is 0 Å². The van der Waals surface area contributed by atoms with Crippen LogP contribution in [-0.4, -0.2) is 22.9 Å². The number of hydrogen-bond donors (Lipinski definition) is 3. The first-order valence-electron chi connectivity index (χ1n) is 10.0. The van der Waals surface area contributed by atoms with Crippen molar-refractivity contribution in [2.45, 2.75) is 44.9 Å². The Balaban J connectivity index is 1.58. The van der Waals surface area contributed by atoms with Gasteiger partial charge in [0, 0.05) is 29.3 Å². The fourth-order valence-corrected chi connectivity index (χ4v) is 3.56. The lowest BCUT2D eigenvalue weighted by Crippen LogP contribution is -2.24. The van der Waals surface area contributed by atoms with Gasteiger partial charge in [0.15, 0.2) is 0 Å². The summed E-state index contributed by atoms with van der Waals surface area (Å²) in [6.45, 7) is 0. The van der Waals surface area contributed by atoms with Crippen LogP contribution in [0.5, 0.6) is 0 Å². The van der Waals surface area contributed by atoms with E-state index >= 15 is 0 Å². The molecule has 6 heteroatoms. The average Bonchev–Trinajstić information content (AvgIpc) is 2.74. The standard InChI is InChI=1S/C23H26N2O4/c26-21(27)14-11-16-9-12-19(13-10-16)24-23(29)18-7-4-8-20(15-18)25-22(28)17-5-2-1-3-6-17/h4,7-10,12-13,15,17H,1-3,5-6,11,14H2,(H,24,29)(H,25,28)(H,26,27). The third-order valence-electron chi connectivity index (χ3n) is 5.21. The molecule has 152 valence electrons. The summed E-state index contributed by atoms with van der Waals surface area (Å²) < 4.78 is 0. The van der Waals surface area contributed by atoms with Crippen LogP contribution in [-0.2, 0) is 16.0 Å². The van der Waals surface area contributed by atoms with E-state index in [1.807, 2.05) is 0 Å². The molecule has 1 aliphatic rings. The summed E-state index contributed by atoms with van der Waals surface area (Å²) in [6.07, 6.45) is 5.76. The van der Waals surface area contributed by atoms with Gasteiger partial charge in [0.2, 0.25) is 5.91 Å². The minimum atomic E-state index is -0.835. The summed E-state index contributed by atoms with van der Waals surface area (Å²) in [6, 6.07) is 14.0. The molecule has 1 aliphatic carbocycles. The lowest BCUT2D eigenvalue weighted by atomic mass is 9.88. The summed E-state index contributed by atoms with van der Waals surface area (Å²) in [4.78, 5) is 35.6. The van der Waals surface area contributed by atoms with Crippen molar-refractivity contribution in [2.75, 3.05) is 10.6 Å². The zero-order valence-electron chi connectivity index (χ0n) is 16.3. The van der Waals surface area contributed by atoms with Crippen molar-refractivity contribution in [2.24, 2.45) is 5.92 Å². The molecule has 3 N–H and O–H groups in total. The second-order valence-electron chi connectivity index (χ2n) is 7.45. The number of benzene rings is 2. The fourth-order valence-electron chi connectivity index (χ4n) is 3.56. The predicted octanol–water partition coefficient (Wildman–Crippen LogP) is 4.47. The van der Waals surface area contributed by atoms with Crippen LogP contribution in [0.15, 0.2) is 48.5 Å². The van der Waals surface area contributed by atoms with E-state index in [1.54, 1.807) is 48.5 Å². The molecule has 29 heavy (non-hydrogen) atoms. The van der Waals surface area contributed by atoms with Crippen LogP contribution in [0.2, 0.25) is 0 Å². The molecule has 6 nitrogen and oxygen atoms in total. The molecule has 0 aliphatic heterocycles. The van der Waals surface area contributed by atoms with E-state index in [0.29, 0.717) is 23.4 Å².